The number of para-hydroxylation sites is 2. The first-order valence-corrected chi connectivity index (χ1v) is 12.9. The lowest BCUT2D eigenvalue weighted by Crippen LogP contribution is -2.42. The molecule has 36 heavy (non-hydrogen) atoms. The number of nitrogens with zero attached hydrogens (tertiary/aromatic N) is 1. The number of hydrogen-bond donors (Lipinski definition) is 3. The predicted octanol–water partition coefficient (Wildman–Crippen LogP) is 6.75. The molecule has 0 radical (unpaired) electrons. The van der Waals surface area contributed by atoms with Gasteiger partial charge in [-0.25, -0.2) is 4.79 Å². The highest BCUT2D eigenvalue weighted by molar-refractivity contribution is 5.90. The monoisotopic (exact) mass is 498 g/mol. The van der Waals surface area contributed by atoms with Gasteiger partial charge in [0, 0.05) is 29.7 Å². The Hall–Kier alpha value is -3.00. The van der Waals surface area contributed by atoms with E-state index in [4.69, 9.17) is 0 Å². The zero-order valence-electron chi connectivity index (χ0n) is 20.3. The number of carbonyl (C=O) groups excluding carboxylic acids is 1. The smallest absolute Gasteiger partial charge is 0.361 e. The SMILES string of the molecule is O=C(Nc1ccccc1C(F)(F)F)NC1CCC(CN2CCC(c3c[nH]c4ccccc34)CC2)CC1. The number of benzene rings is 2. The van der Waals surface area contributed by atoms with E-state index in [1.165, 1.54) is 34.7 Å². The summed E-state index contributed by atoms with van der Waals surface area (Å²) in [6.45, 7) is 3.28. The number of aromatic amines is 1. The molecule has 3 N–H and O–H groups in total. The van der Waals surface area contributed by atoms with Crippen LogP contribution in [0.25, 0.3) is 10.9 Å². The van der Waals surface area contributed by atoms with Crippen LogP contribution >= 0.6 is 0 Å². The van der Waals surface area contributed by atoms with Crippen LogP contribution in [0.3, 0.4) is 0 Å². The van der Waals surface area contributed by atoms with Crippen molar-refractivity contribution in [2.45, 2.75) is 56.7 Å². The molecule has 1 aliphatic heterocycles. The zero-order chi connectivity index (χ0) is 25.1. The molecule has 3 aromatic rings. The Morgan fingerprint density at radius 2 is 1.64 bits per heavy atom. The normalized spacial score (nSPS) is 22.0. The summed E-state index contributed by atoms with van der Waals surface area (Å²) in [5.74, 6) is 1.19. The summed E-state index contributed by atoms with van der Waals surface area (Å²) in [6.07, 6.45) is 3.74. The molecule has 0 spiro atoms. The van der Waals surface area contributed by atoms with Gasteiger partial charge in [0.25, 0.3) is 0 Å². The maximum Gasteiger partial charge on any atom is 0.418 e. The molecule has 2 fully saturated rings. The number of aromatic nitrogens is 1. The number of alkyl halides is 3. The van der Waals surface area contributed by atoms with Gasteiger partial charge in [-0.1, -0.05) is 30.3 Å². The molecule has 1 aromatic heterocycles. The van der Waals surface area contributed by atoms with E-state index in [1.54, 1.807) is 0 Å². The molecule has 1 saturated carbocycles. The van der Waals surface area contributed by atoms with Gasteiger partial charge in [0.05, 0.1) is 11.3 Å². The summed E-state index contributed by atoms with van der Waals surface area (Å²) >= 11 is 0. The number of halogens is 3. The zero-order valence-corrected chi connectivity index (χ0v) is 20.3. The Bertz CT molecular complexity index is 1170. The summed E-state index contributed by atoms with van der Waals surface area (Å²) in [7, 11) is 0. The number of anilines is 1. The molecule has 1 saturated heterocycles. The van der Waals surface area contributed by atoms with Crippen molar-refractivity contribution in [1.29, 1.82) is 0 Å². The fourth-order valence-electron chi connectivity index (χ4n) is 5.90. The maximum absolute atomic E-state index is 13.2. The molecule has 2 heterocycles. The largest absolute Gasteiger partial charge is 0.418 e. The highest BCUT2D eigenvalue weighted by Crippen LogP contribution is 2.36. The molecule has 0 bridgehead atoms. The highest BCUT2D eigenvalue weighted by Gasteiger charge is 2.34. The second-order valence-corrected chi connectivity index (χ2v) is 10.2. The average molecular weight is 499 g/mol. The number of urea groups is 1. The lowest BCUT2D eigenvalue weighted by molar-refractivity contribution is -0.136. The molecule has 5 nitrogen and oxygen atoms in total. The van der Waals surface area contributed by atoms with Gasteiger partial charge < -0.3 is 20.5 Å². The summed E-state index contributed by atoms with van der Waals surface area (Å²) in [5, 5.41) is 6.60. The second-order valence-electron chi connectivity index (χ2n) is 10.2. The number of amides is 2. The van der Waals surface area contributed by atoms with Crippen LogP contribution in [0, 0.1) is 5.92 Å². The van der Waals surface area contributed by atoms with E-state index < -0.39 is 17.8 Å². The van der Waals surface area contributed by atoms with E-state index in [2.05, 4.69) is 51.0 Å². The third kappa shape index (κ3) is 5.69. The second kappa shape index (κ2) is 10.5. The van der Waals surface area contributed by atoms with Crippen molar-refractivity contribution in [3.05, 3.63) is 65.9 Å². The number of carbonyl (C=O) groups is 1. The first-order chi connectivity index (χ1) is 17.4. The number of nitrogens with one attached hydrogen (secondary N) is 3. The standard InChI is InChI=1S/C28H33F3N4O/c29-28(30,31)24-6-2-4-8-26(24)34-27(36)33-21-11-9-19(10-12-21)18-35-15-13-20(14-16-35)23-17-32-25-7-3-1-5-22(23)25/h1-8,17,19-21,32H,9-16,18H2,(H2,33,34,36). The quantitative estimate of drug-likeness (QED) is 0.365. The van der Waals surface area contributed by atoms with Crippen molar-refractivity contribution in [3.8, 4) is 0 Å². The van der Waals surface area contributed by atoms with Crippen molar-refractivity contribution in [2.24, 2.45) is 5.92 Å². The summed E-state index contributed by atoms with van der Waals surface area (Å²) in [4.78, 5) is 18.3. The lowest BCUT2D eigenvalue weighted by Gasteiger charge is -2.36. The van der Waals surface area contributed by atoms with E-state index in [-0.39, 0.29) is 11.7 Å². The number of hydrogen-bond acceptors (Lipinski definition) is 2. The van der Waals surface area contributed by atoms with Crippen LogP contribution in [-0.4, -0.2) is 41.6 Å². The van der Waals surface area contributed by atoms with Crippen LogP contribution in [0.15, 0.2) is 54.7 Å². The predicted molar refractivity (Wildman–Crippen MR) is 136 cm³/mol. The molecule has 5 rings (SSSR count). The van der Waals surface area contributed by atoms with Crippen LogP contribution in [0.1, 0.15) is 55.6 Å². The Morgan fingerprint density at radius 1 is 0.944 bits per heavy atom. The maximum atomic E-state index is 13.2. The fraction of sp³-hybridized carbons (Fsp3) is 0.464. The Kier molecular flexibility index (Phi) is 7.23. The molecule has 2 aliphatic rings. The molecule has 0 unspecified atom stereocenters. The molecule has 2 amide bonds. The molecule has 2 aromatic carbocycles. The lowest BCUT2D eigenvalue weighted by atomic mass is 9.84. The van der Waals surface area contributed by atoms with E-state index in [0.717, 1.165) is 64.2 Å². The summed E-state index contributed by atoms with van der Waals surface area (Å²) in [5.41, 5.74) is 1.59. The first-order valence-electron chi connectivity index (χ1n) is 12.9. The minimum Gasteiger partial charge on any atom is -0.361 e. The Balaban J connectivity index is 1.05. The Labute approximate surface area is 209 Å². The number of H-pyrrole nitrogens is 1. The van der Waals surface area contributed by atoms with Crippen LogP contribution < -0.4 is 10.6 Å². The number of rotatable bonds is 5. The van der Waals surface area contributed by atoms with Gasteiger partial charge in [-0.15, -0.1) is 0 Å². The van der Waals surface area contributed by atoms with Gasteiger partial charge in [-0.3, -0.25) is 0 Å². The molecular formula is C28H33F3N4O. The van der Waals surface area contributed by atoms with Crippen LogP contribution in [-0.2, 0) is 6.18 Å². The van der Waals surface area contributed by atoms with Crippen molar-refractivity contribution in [3.63, 3.8) is 0 Å². The highest BCUT2D eigenvalue weighted by atomic mass is 19.4. The average Bonchev–Trinajstić information content (AvgIpc) is 3.30. The minimum atomic E-state index is -4.51. The van der Waals surface area contributed by atoms with E-state index >= 15 is 0 Å². The summed E-state index contributed by atoms with van der Waals surface area (Å²) < 4.78 is 39.5. The van der Waals surface area contributed by atoms with Crippen molar-refractivity contribution in [1.82, 2.24) is 15.2 Å². The third-order valence-corrected chi connectivity index (χ3v) is 7.83. The molecule has 192 valence electrons. The van der Waals surface area contributed by atoms with Gasteiger partial charge in [0.1, 0.15) is 0 Å². The Morgan fingerprint density at radius 3 is 2.39 bits per heavy atom. The topological polar surface area (TPSA) is 60.2 Å². The third-order valence-electron chi connectivity index (χ3n) is 7.83. The molecular weight excluding hydrogens is 465 g/mol. The number of likely N-dealkylation sites (tertiary alicyclic amines) is 1. The van der Waals surface area contributed by atoms with E-state index in [9.17, 15) is 18.0 Å². The van der Waals surface area contributed by atoms with Gasteiger partial charge in [0.2, 0.25) is 0 Å². The van der Waals surface area contributed by atoms with Crippen LogP contribution in [0.4, 0.5) is 23.7 Å². The van der Waals surface area contributed by atoms with Crippen molar-refractivity contribution in [2.75, 3.05) is 25.0 Å². The number of fused-ring (bicyclic) bond motifs is 1. The van der Waals surface area contributed by atoms with Gasteiger partial charge in [0.15, 0.2) is 0 Å². The van der Waals surface area contributed by atoms with Crippen LogP contribution in [0.5, 0.6) is 0 Å². The van der Waals surface area contributed by atoms with Crippen molar-refractivity contribution >= 4 is 22.6 Å². The molecule has 1 aliphatic carbocycles. The summed E-state index contributed by atoms with van der Waals surface area (Å²) in [6, 6.07) is 13.0. The van der Waals surface area contributed by atoms with Gasteiger partial charge >= 0.3 is 12.2 Å². The van der Waals surface area contributed by atoms with E-state index in [1.807, 2.05) is 0 Å². The van der Waals surface area contributed by atoms with Crippen LogP contribution in [0.2, 0.25) is 0 Å². The van der Waals surface area contributed by atoms with Gasteiger partial charge in [-0.2, -0.15) is 13.2 Å². The van der Waals surface area contributed by atoms with Gasteiger partial charge in [-0.05, 0) is 87.2 Å². The molecule has 0 atom stereocenters. The molecule has 8 heteroatoms. The van der Waals surface area contributed by atoms with Crippen molar-refractivity contribution < 1.29 is 18.0 Å². The fourth-order valence-corrected chi connectivity index (χ4v) is 5.90. The van der Waals surface area contributed by atoms with E-state index in [0.29, 0.717) is 11.8 Å². The minimum absolute atomic E-state index is 0.00749. The first kappa shape index (κ1) is 24.7. The number of piperidine rings is 1.